The standard InChI is InChI=1S/C24H23N2O4/c25-22(23(27)26-24(28)30-17-20-9-5-2-6-10-20)15-18-11-13-21(14-12-18)29-16-19-7-3-1-4-8-19/h1-14,22H,15-17,25H2/t22-/m0/s1. The summed E-state index contributed by atoms with van der Waals surface area (Å²) in [6.45, 7) is 0.526. The molecule has 0 unspecified atom stereocenters. The van der Waals surface area contributed by atoms with Crippen LogP contribution in [0.1, 0.15) is 16.7 Å². The van der Waals surface area contributed by atoms with Crippen LogP contribution in [0.5, 0.6) is 5.75 Å². The highest BCUT2D eigenvalue weighted by Gasteiger charge is 2.20. The van der Waals surface area contributed by atoms with Gasteiger partial charge in [0, 0.05) is 0 Å². The van der Waals surface area contributed by atoms with Crippen LogP contribution in [-0.2, 0) is 29.2 Å². The molecular weight excluding hydrogens is 380 g/mol. The predicted octanol–water partition coefficient (Wildman–Crippen LogP) is 3.60. The second-order valence-corrected chi connectivity index (χ2v) is 6.72. The fourth-order valence-electron chi connectivity index (χ4n) is 2.73. The lowest BCUT2D eigenvalue weighted by Gasteiger charge is -2.11. The van der Waals surface area contributed by atoms with E-state index in [1.807, 2.05) is 84.9 Å². The molecule has 0 fully saturated rings. The van der Waals surface area contributed by atoms with Crippen molar-refractivity contribution in [2.24, 2.45) is 5.73 Å². The molecular formula is C24H23N2O4. The number of nitrogens with zero attached hydrogens (tertiary/aromatic N) is 1. The van der Waals surface area contributed by atoms with Gasteiger partial charge >= 0.3 is 6.09 Å². The molecule has 0 spiro atoms. The van der Waals surface area contributed by atoms with E-state index in [9.17, 15) is 9.59 Å². The van der Waals surface area contributed by atoms with E-state index in [4.69, 9.17) is 15.2 Å². The maximum atomic E-state index is 12.1. The van der Waals surface area contributed by atoms with Gasteiger partial charge in [-0.3, -0.25) is 4.79 Å². The summed E-state index contributed by atoms with van der Waals surface area (Å²) in [5.41, 5.74) is 8.63. The Morgan fingerprint density at radius 1 is 0.767 bits per heavy atom. The second kappa shape index (κ2) is 10.8. The molecule has 6 heteroatoms. The molecule has 0 saturated heterocycles. The van der Waals surface area contributed by atoms with Gasteiger partial charge in [0.1, 0.15) is 19.0 Å². The molecule has 3 aromatic rings. The van der Waals surface area contributed by atoms with Crippen LogP contribution in [0.3, 0.4) is 0 Å². The predicted molar refractivity (Wildman–Crippen MR) is 113 cm³/mol. The molecule has 0 aromatic heterocycles. The lowest BCUT2D eigenvalue weighted by atomic mass is 10.1. The van der Waals surface area contributed by atoms with E-state index in [0.29, 0.717) is 6.61 Å². The van der Waals surface area contributed by atoms with Crippen molar-refractivity contribution in [3.05, 3.63) is 102 Å². The van der Waals surface area contributed by atoms with E-state index in [2.05, 4.69) is 5.32 Å². The molecule has 3 aromatic carbocycles. The number of rotatable bonds is 8. The van der Waals surface area contributed by atoms with Crippen molar-refractivity contribution >= 4 is 12.0 Å². The van der Waals surface area contributed by atoms with Crippen LogP contribution in [0.4, 0.5) is 4.79 Å². The molecule has 0 aliphatic carbocycles. The molecule has 0 heterocycles. The van der Waals surface area contributed by atoms with Crippen LogP contribution < -0.4 is 15.8 Å². The van der Waals surface area contributed by atoms with Gasteiger partial charge in [-0.25, -0.2) is 4.79 Å². The Hall–Kier alpha value is -3.64. The van der Waals surface area contributed by atoms with Gasteiger partial charge in [-0.2, -0.15) is 0 Å². The lowest BCUT2D eigenvalue weighted by molar-refractivity contribution is -0.122. The highest BCUT2D eigenvalue weighted by atomic mass is 16.5. The van der Waals surface area contributed by atoms with Gasteiger partial charge in [0.05, 0.1) is 6.04 Å². The Morgan fingerprint density at radius 2 is 1.33 bits per heavy atom. The summed E-state index contributed by atoms with van der Waals surface area (Å²) < 4.78 is 10.7. The maximum Gasteiger partial charge on any atom is 0.437 e. The second-order valence-electron chi connectivity index (χ2n) is 6.72. The molecule has 1 atom stereocenters. The summed E-state index contributed by atoms with van der Waals surface area (Å²) in [4.78, 5) is 23.8. The first-order valence-electron chi connectivity index (χ1n) is 9.57. The molecule has 0 saturated carbocycles. The monoisotopic (exact) mass is 403 g/mol. The van der Waals surface area contributed by atoms with Crippen LogP contribution in [0, 0.1) is 0 Å². The van der Waals surface area contributed by atoms with Gasteiger partial charge in [-0.15, -0.1) is 5.32 Å². The van der Waals surface area contributed by atoms with E-state index < -0.39 is 18.0 Å². The molecule has 153 valence electrons. The van der Waals surface area contributed by atoms with Gasteiger partial charge in [-0.1, -0.05) is 72.8 Å². The number of imide groups is 1. The molecule has 0 aliphatic heterocycles. The minimum atomic E-state index is -0.941. The number of hydrogen-bond acceptors (Lipinski definition) is 5. The molecule has 30 heavy (non-hydrogen) atoms. The molecule has 0 aliphatic rings. The number of ether oxygens (including phenoxy) is 2. The third-order valence-corrected chi connectivity index (χ3v) is 4.35. The third-order valence-electron chi connectivity index (χ3n) is 4.35. The van der Waals surface area contributed by atoms with Gasteiger partial charge in [0.15, 0.2) is 0 Å². The number of carbonyl (C=O) groups excluding carboxylic acids is 2. The molecule has 3 rings (SSSR count). The summed E-state index contributed by atoms with van der Waals surface area (Å²) in [6, 6.07) is 25.4. The van der Waals surface area contributed by atoms with Crippen LogP contribution in [0.15, 0.2) is 84.9 Å². The summed E-state index contributed by atoms with van der Waals surface area (Å²) >= 11 is 0. The SMILES string of the molecule is N[C@@H](Cc1ccc(OCc2ccccc2)cc1)C(=O)[N]C(=O)OCc1ccccc1. The van der Waals surface area contributed by atoms with E-state index >= 15 is 0 Å². The average Bonchev–Trinajstić information content (AvgIpc) is 2.78. The number of carbonyl (C=O) groups is 2. The molecule has 1 radical (unpaired) electrons. The quantitative estimate of drug-likeness (QED) is 0.620. The Bertz CT molecular complexity index is 944. The first kappa shape index (κ1) is 21.1. The van der Waals surface area contributed by atoms with Crippen molar-refractivity contribution in [3.8, 4) is 5.75 Å². The zero-order valence-electron chi connectivity index (χ0n) is 16.4. The first-order chi connectivity index (χ1) is 14.6. The topological polar surface area (TPSA) is 92.7 Å². The van der Waals surface area contributed by atoms with Crippen molar-refractivity contribution in [1.29, 1.82) is 0 Å². The van der Waals surface area contributed by atoms with Crippen molar-refractivity contribution in [2.75, 3.05) is 0 Å². The summed E-state index contributed by atoms with van der Waals surface area (Å²) in [6.07, 6.45) is -0.684. The fourth-order valence-corrected chi connectivity index (χ4v) is 2.73. The van der Waals surface area contributed by atoms with Gasteiger partial charge < -0.3 is 15.2 Å². The van der Waals surface area contributed by atoms with Crippen LogP contribution in [0.2, 0.25) is 0 Å². The van der Waals surface area contributed by atoms with E-state index in [-0.39, 0.29) is 13.0 Å². The third kappa shape index (κ3) is 6.76. The van der Waals surface area contributed by atoms with Crippen molar-refractivity contribution in [3.63, 3.8) is 0 Å². The zero-order chi connectivity index (χ0) is 21.2. The van der Waals surface area contributed by atoms with E-state index in [1.54, 1.807) is 0 Å². The van der Waals surface area contributed by atoms with E-state index in [0.717, 1.165) is 22.4 Å². The van der Waals surface area contributed by atoms with Crippen molar-refractivity contribution in [2.45, 2.75) is 25.7 Å². The minimum Gasteiger partial charge on any atom is -0.489 e. The van der Waals surface area contributed by atoms with Crippen LogP contribution in [0.25, 0.3) is 0 Å². The summed E-state index contributed by atoms with van der Waals surface area (Å²) in [5.74, 6) is 0.00847. The molecule has 2 N–H and O–H groups in total. The molecule has 6 nitrogen and oxygen atoms in total. The average molecular weight is 403 g/mol. The molecule has 2 amide bonds. The summed E-state index contributed by atoms with van der Waals surface area (Å²) in [5, 5.41) is 3.42. The Kier molecular flexibility index (Phi) is 7.58. The smallest absolute Gasteiger partial charge is 0.437 e. The Labute approximate surface area is 175 Å². The van der Waals surface area contributed by atoms with E-state index in [1.165, 1.54) is 0 Å². The maximum absolute atomic E-state index is 12.1. The van der Waals surface area contributed by atoms with Gasteiger partial charge in [-0.05, 0) is 35.2 Å². The number of amides is 2. The fraction of sp³-hybridized carbons (Fsp3) is 0.167. The highest BCUT2D eigenvalue weighted by molar-refractivity contribution is 5.94. The zero-order valence-corrected chi connectivity index (χ0v) is 16.4. The van der Waals surface area contributed by atoms with Gasteiger partial charge in [0.2, 0.25) is 0 Å². The first-order valence-corrected chi connectivity index (χ1v) is 9.57. The largest absolute Gasteiger partial charge is 0.489 e. The molecule has 0 bridgehead atoms. The Morgan fingerprint density at radius 3 is 1.93 bits per heavy atom. The number of hydrogen-bond donors (Lipinski definition) is 1. The van der Waals surface area contributed by atoms with Crippen molar-refractivity contribution in [1.82, 2.24) is 5.32 Å². The minimum absolute atomic E-state index is 0.0517. The lowest BCUT2D eigenvalue weighted by Crippen LogP contribution is -2.40. The highest BCUT2D eigenvalue weighted by Crippen LogP contribution is 2.15. The van der Waals surface area contributed by atoms with Crippen molar-refractivity contribution < 1.29 is 19.1 Å². The van der Waals surface area contributed by atoms with Crippen LogP contribution >= 0.6 is 0 Å². The number of benzene rings is 3. The normalized spacial score (nSPS) is 11.4. The number of nitrogens with two attached hydrogens (primary N) is 1. The van der Waals surface area contributed by atoms with Gasteiger partial charge in [0.25, 0.3) is 5.91 Å². The Balaban J connectivity index is 1.42. The van der Waals surface area contributed by atoms with Crippen LogP contribution in [-0.4, -0.2) is 18.0 Å². The summed E-state index contributed by atoms with van der Waals surface area (Å²) in [7, 11) is 0.